The molecule has 0 spiro atoms. The van der Waals surface area contributed by atoms with Crippen molar-refractivity contribution in [2.24, 2.45) is 22.5 Å². The van der Waals surface area contributed by atoms with Gasteiger partial charge >= 0.3 is 23.9 Å². The molecule has 0 radical (unpaired) electrons. The Hall–Kier alpha value is -2.94. The normalized spacial score (nSPS) is 15.0. The molecule has 0 aromatic heterocycles. The van der Waals surface area contributed by atoms with Crippen LogP contribution in [0.3, 0.4) is 0 Å². The van der Waals surface area contributed by atoms with Crippen LogP contribution in [0, 0.1) is 16.7 Å². The average Bonchev–Trinajstić information content (AvgIpc) is 2.88. The van der Waals surface area contributed by atoms with E-state index in [0.29, 0.717) is 24.8 Å². The summed E-state index contributed by atoms with van der Waals surface area (Å²) in [4.78, 5) is 50.1. The largest absolute Gasteiger partial charge is 0.480 e. The van der Waals surface area contributed by atoms with Crippen LogP contribution >= 0.6 is 0 Å². The third kappa shape index (κ3) is 9.34. The van der Waals surface area contributed by atoms with Crippen molar-refractivity contribution in [3.05, 3.63) is 23.8 Å². The lowest BCUT2D eigenvalue weighted by molar-refractivity contribution is -0.151. The number of rotatable bonds is 15. The molecule has 0 aliphatic heterocycles. The Morgan fingerprint density at radius 2 is 1.41 bits per heavy atom. The summed E-state index contributed by atoms with van der Waals surface area (Å²) in [5.74, 6) is -3.92. The van der Waals surface area contributed by atoms with Crippen LogP contribution in [0.15, 0.2) is 18.2 Å². The van der Waals surface area contributed by atoms with Gasteiger partial charge in [-0.15, -0.1) is 0 Å². The van der Waals surface area contributed by atoms with E-state index in [9.17, 15) is 24.3 Å². The zero-order valence-electron chi connectivity index (χ0n) is 25.0. The Morgan fingerprint density at radius 1 is 0.897 bits per heavy atom. The lowest BCUT2D eigenvalue weighted by Gasteiger charge is -2.32. The summed E-state index contributed by atoms with van der Waals surface area (Å²) in [6, 6.07) is 3.22. The first kappa shape index (κ1) is 34.1. The van der Waals surface area contributed by atoms with Crippen molar-refractivity contribution in [3.63, 3.8) is 0 Å². The van der Waals surface area contributed by atoms with Gasteiger partial charge in [0.05, 0.1) is 10.8 Å². The van der Waals surface area contributed by atoms with Gasteiger partial charge < -0.3 is 25.1 Å². The molecule has 3 unspecified atom stereocenters. The summed E-state index contributed by atoms with van der Waals surface area (Å²) < 4.78 is 17.0. The Morgan fingerprint density at radius 3 is 1.87 bits per heavy atom. The highest BCUT2D eigenvalue weighted by atomic mass is 16.6. The highest BCUT2D eigenvalue weighted by molar-refractivity contribution is 5.82. The predicted molar refractivity (Wildman–Crippen MR) is 148 cm³/mol. The summed E-state index contributed by atoms with van der Waals surface area (Å²) >= 11 is 0. The fourth-order valence-corrected chi connectivity index (χ4v) is 3.64. The van der Waals surface area contributed by atoms with E-state index in [2.05, 4.69) is 0 Å². The van der Waals surface area contributed by atoms with Gasteiger partial charge in [0.15, 0.2) is 11.5 Å². The minimum absolute atomic E-state index is 0.0124. The molecule has 1 rings (SSSR count). The van der Waals surface area contributed by atoms with Gasteiger partial charge in [-0.3, -0.25) is 19.2 Å². The van der Waals surface area contributed by atoms with Crippen molar-refractivity contribution < 1.29 is 38.5 Å². The summed E-state index contributed by atoms with van der Waals surface area (Å²) in [5, 5.41) is 9.80. The molecule has 9 nitrogen and oxygen atoms in total. The van der Waals surface area contributed by atoms with Gasteiger partial charge in [0.1, 0.15) is 12.1 Å². The second-order valence-electron chi connectivity index (χ2n) is 11.5. The zero-order valence-corrected chi connectivity index (χ0v) is 25.0. The number of hydrogen-bond acceptors (Lipinski definition) is 8. The van der Waals surface area contributed by atoms with Crippen LogP contribution in [-0.4, -0.2) is 41.1 Å². The third-order valence-corrected chi connectivity index (χ3v) is 7.66. The Kier molecular flexibility index (Phi) is 12.6. The molecule has 1 aromatic carbocycles. The SMILES string of the molecule is CCCCC(=O)OC(C)C(C)C(c1ccc(OC(=O)C(C)(C)CC)c(OC(=O)C(C)(C)CC)c1)[C@H](N)C(=O)O. The standard InChI is InChI=1S/C30H47NO8/c1-10-13-14-23(32)37-19(5)18(4)24(25(31)26(33)34)20-15-16-21(38-27(35)29(6,7)11-2)22(17-20)39-28(36)30(8,9)12-3/h15-19,24-25H,10-14,31H2,1-9H3,(H,33,34)/t18?,19?,24?,25-/m0/s1. The average molecular weight is 550 g/mol. The molecular weight excluding hydrogens is 502 g/mol. The van der Waals surface area contributed by atoms with Crippen molar-refractivity contribution in [2.75, 3.05) is 0 Å². The van der Waals surface area contributed by atoms with E-state index >= 15 is 0 Å². The fourth-order valence-electron chi connectivity index (χ4n) is 3.64. The maximum atomic E-state index is 13.0. The van der Waals surface area contributed by atoms with Crippen LogP contribution in [0.1, 0.15) is 106 Å². The molecule has 4 atom stereocenters. The van der Waals surface area contributed by atoms with E-state index in [1.54, 1.807) is 47.6 Å². The number of carboxylic acids is 1. The Bertz CT molecular complexity index is 1020. The Labute approximate surface area is 232 Å². The molecule has 39 heavy (non-hydrogen) atoms. The second kappa shape index (κ2) is 14.4. The highest BCUT2D eigenvalue weighted by Gasteiger charge is 2.37. The minimum atomic E-state index is -1.35. The number of benzene rings is 1. The van der Waals surface area contributed by atoms with Gasteiger partial charge in [-0.05, 0) is 71.6 Å². The van der Waals surface area contributed by atoms with Crippen LogP contribution in [-0.2, 0) is 23.9 Å². The van der Waals surface area contributed by atoms with Gasteiger partial charge in [0.2, 0.25) is 0 Å². The molecule has 9 heteroatoms. The lowest BCUT2D eigenvalue weighted by atomic mass is 9.79. The smallest absolute Gasteiger partial charge is 0.321 e. The minimum Gasteiger partial charge on any atom is -0.480 e. The molecule has 0 saturated carbocycles. The van der Waals surface area contributed by atoms with Crippen LogP contribution < -0.4 is 15.2 Å². The Balaban J connectivity index is 3.57. The van der Waals surface area contributed by atoms with E-state index in [4.69, 9.17) is 19.9 Å². The van der Waals surface area contributed by atoms with Crippen LogP contribution in [0.5, 0.6) is 11.5 Å². The summed E-state index contributed by atoms with van der Waals surface area (Å²) in [7, 11) is 0. The van der Waals surface area contributed by atoms with E-state index in [1.165, 1.54) is 12.1 Å². The van der Waals surface area contributed by atoms with E-state index < -0.39 is 52.7 Å². The highest BCUT2D eigenvalue weighted by Crippen LogP contribution is 2.39. The van der Waals surface area contributed by atoms with Crippen molar-refractivity contribution >= 4 is 23.9 Å². The van der Waals surface area contributed by atoms with E-state index in [1.807, 2.05) is 20.8 Å². The fraction of sp³-hybridized carbons (Fsp3) is 0.667. The molecular formula is C30H47NO8. The first-order valence-electron chi connectivity index (χ1n) is 13.8. The van der Waals surface area contributed by atoms with Crippen molar-refractivity contribution in [1.82, 2.24) is 0 Å². The number of ether oxygens (including phenoxy) is 3. The first-order chi connectivity index (χ1) is 18.0. The third-order valence-electron chi connectivity index (χ3n) is 7.66. The molecule has 3 N–H and O–H groups in total. The number of carboxylic acid groups (broad SMARTS) is 1. The number of aliphatic carboxylic acids is 1. The van der Waals surface area contributed by atoms with Crippen LogP contribution in [0.4, 0.5) is 0 Å². The van der Waals surface area contributed by atoms with Gasteiger partial charge in [-0.1, -0.05) is 40.2 Å². The van der Waals surface area contributed by atoms with Crippen molar-refractivity contribution in [2.45, 2.75) is 112 Å². The second-order valence-corrected chi connectivity index (χ2v) is 11.5. The molecule has 1 aromatic rings. The topological polar surface area (TPSA) is 142 Å². The quantitative estimate of drug-likeness (QED) is 0.210. The maximum absolute atomic E-state index is 13.0. The maximum Gasteiger partial charge on any atom is 0.321 e. The molecule has 0 bridgehead atoms. The molecule has 220 valence electrons. The number of carbonyl (C=O) groups is 4. The molecule has 0 saturated heterocycles. The van der Waals surface area contributed by atoms with Crippen LogP contribution in [0.2, 0.25) is 0 Å². The van der Waals surface area contributed by atoms with E-state index in [-0.39, 0.29) is 23.9 Å². The molecule has 0 heterocycles. The van der Waals surface area contributed by atoms with Gasteiger partial charge in [0, 0.05) is 18.3 Å². The van der Waals surface area contributed by atoms with Crippen molar-refractivity contribution in [3.8, 4) is 11.5 Å². The molecule has 0 aliphatic rings. The summed E-state index contributed by atoms with van der Waals surface area (Å²) in [5.41, 5.74) is 5.00. The number of carbonyl (C=O) groups excluding carboxylic acids is 3. The van der Waals surface area contributed by atoms with Gasteiger partial charge in [-0.2, -0.15) is 0 Å². The molecule has 0 aliphatic carbocycles. The number of esters is 3. The number of unbranched alkanes of at least 4 members (excludes halogenated alkanes) is 1. The summed E-state index contributed by atoms with van der Waals surface area (Å²) in [6.07, 6.45) is 2.20. The van der Waals surface area contributed by atoms with Gasteiger partial charge in [-0.25, -0.2) is 0 Å². The number of hydrogen-bond donors (Lipinski definition) is 2. The predicted octanol–water partition coefficient (Wildman–Crippen LogP) is 5.62. The lowest BCUT2D eigenvalue weighted by Crippen LogP contribution is -2.42. The summed E-state index contributed by atoms with van der Waals surface area (Å²) in [6.45, 7) is 16.1. The molecule has 0 fully saturated rings. The first-order valence-corrected chi connectivity index (χ1v) is 13.8. The van der Waals surface area contributed by atoms with Gasteiger partial charge in [0.25, 0.3) is 0 Å². The van der Waals surface area contributed by atoms with Crippen molar-refractivity contribution in [1.29, 1.82) is 0 Å². The zero-order chi connectivity index (χ0) is 30.1. The molecule has 0 amide bonds. The van der Waals surface area contributed by atoms with E-state index in [0.717, 1.165) is 6.42 Å². The number of nitrogens with two attached hydrogens (primary N) is 1. The van der Waals surface area contributed by atoms with Crippen LogP contribution in [0.25, 0.3) is 0 Å². The monoisotopic (exact) mass is 549 g/mol.